The first-order valence-electron chi connectivity index (χ1n) is 5.77. The summed E-state index contributed by atoms with van der Waals surface area (Å²) in [7, 11) is 1.95. The van der Waals surface area contributed by atoms with Crippen molar-refractivity contribution >= 4 is 16.9 Å². The van der Waals surface area contributed by atoms with Gasteiger partial charge in [-0.25, -0.2) is 9.97 Å². The molecule has 2 aromatic heterocycles. The molecule has 0 saturated heterocycles. The van der Waals surface area contributed by atoms with E-state index in [1.54, 1.807) is 12.5 Å². The Bertz CT molecular complexity index is 506. The van der Waals surface area contributed by atoms with Crippen LogP contribution < -0.4 is 5.32 Å². The Balaban J connectivity index is 2.19. The molecule has 5 nitrogen and oxygen atoms in total. The second-order valence-electron chi connectivity index (χ2n) is 4.58. The first kappa shape index (κ1) is 11.9. The molecule has 0 aliphatic rings. The van der Waals surface area contributed by atoms with E-state index < -0.39 is 0 Å². The number of rotatable bonds is 4. The molecule has 1 atom stereocenters. The average molecular weight is 234 g/mol. The number of hydrogen-bond acceptors (Lipinski definition) is 4. The normalized spacial score (nSPS) is 13.2. The fraction of sp³-hybridized carbons (Fsp3) is 0.500. The van der Waals surface area contributed by atoms with E-state index in [0.717, 1.165) is 16.9 Å². The lowest BCUT2D eigenvalue weighted by Crippen LogP contribution is -2.25. The van der Waals surface area contributed by atoms with Crippen molar-refractivity contribution < 1.29 is 5.11 Å². The van der Waals surface area contributed by atoms with E-state index in [4.69, 9.17) is 0 Å². The summed E-state index contributed by atoms with van der Waals surface area (Å²) >= 11 is 0. The number of fused-ring (bicyclic) bond motifs is 1. The van der Waals surface area contributed by atoms with Crippen molar-refractivity contribution in [2.75, 3.05) is 11.9 Å². The average Bonchev–Trinajstić information content (AvgIpc) is 2.69. The number of nitrogens with zero attached hydrogens (tertiary/aromatic N) is 3. The Labute approximate surface area is 101 Å². The molecule has 0 spiro atoms. The highest BCUT2D eigenvalue weighted by Gasteiger charge is 2.11. The van der Waals surface area contributed by atoms with Gasteiger partial charge in [-0.05, 0) is 12.0 Å². The number of nitrogens with one attached hydrogen (secondary N) is 1. The van der Waals surface area contributed by atoms with Crippen LogP contribution in [0.3, 0.4) is 0 Å². The maximum Gasteiger partial charge on any atom is 0.154 e. The smallest absolute Gasteiger partial charge is 0.154 e. The van der Waals surface area contributed by atoms with Gasteiger partial charge in [0.15, 0.2) is 5.82 Å². The molecular formula is C12H18N4O. The van der Waals surface area contributed by atoms with Crippen molar-refractivity contribution in [3.63, 3.8) is 0 Å². The molecule has 0 bridgehead atoms. The highest BCUT2D eigenvalue weighted by atomic mass is 16.3. The van der Waals surface area contributed by atoms with Gasteiger partial charge < -0.3 is 15.0 Å². The predicted molar refractivity (Wildman–Crippen MR) is 67.8 cm³/mol. The zero-order valence-electron chi connectivity index (χ0n) is 10.4. The molecule has 1 unspecified atom stereocenters. The van der Waals surface area contributed by atoms with Gasteiger partial charge in [-0.2, -0.15) is 0 Å². The summed E-state index contributed by atoms with van der Waals surface area (Å²) in [5.74, 6) is 0.952. The number of aryl methyl sites for hydroxylation is 1. The fourth-order valence-corrected chi connectivity index (χ4v) is 1.63. The molecule has 0 fully saturated rings. The van der Waals surface area contributed by atoms with Crippen LogP contribution in [-0.4, -0.2) is 32.3 Å². The van der Waals surface area contributed by atoms with Crippen molar-refractivity contribution in [3.05, 3.63) is 18.6 Å². The third-order valence-electron chi connectivity index (χ3n) is 2.89. The van der Waals surface area contributed by atoms with Crippen LogP contribution in [0.5, 0.6) is 0 Å². The highest BCUT2D eigenvalue weighted by molar-refractivity contribution is 5.85. The topological polar surface area (TPSA) is 63.0 Å². The first-order chi connectivity index (χ1) is 8.09. The maximum atomic E-state index is 9.75. The summed E-state index contributed by atoms with van der Waals surface area (Å²) in [5, 5.41) is 12.9. The number of aromatic nitrogens is 3. The second-order valence-corrected chi connectivity index (χ2v) is 4.58. The van der Waals surface area contributed by atoms with Gasteiger partial charge in [-0.15, -0.1) is 0 Å². The predicted octanol–water partition coefficient (Wildman–Crippen LogP) is 1.40. The molecule has 5 heteroatoms. The van der Waals surface area contributed by atoms with Crippen LogP contribution in [0.25, 0.3) is 11.0 Å². The van der Waals surface area contributed by atoms with Gasteiger partial charge in [0.2, 0.25) is 0 Å². The van der Waals surface area contributed by atoms with Gasteiger partial charge >= 0.3 is 0 Å². The quantitative estimate of drug-likeness (QED) is 0.839. The minimum absolute atomic E-state index is 0.227. The molecule has 2 rings (SSSR count). The Kier molecular flexibility index (Phi) is 3.28. The van der Waals surface area contributed by atoms with Crippen molar-refractivity contribution in [3.8, 4) is 0 Å². The summed E-state index contributed by atoms with van der Waals surface area (Å²) in [6, 6.07) is 1.92. The number of aliphatic hydroxyl groups excluding tert-OH is 1. The minimum Gasteiger partial charge on any atom is -0.391 e. The van der Waals surface area contributed by atoms with Gasteiger partial charge in [0.05, 0.1) is 17.9 Å². The first-order valence-corrected chi connectivity index (χ1v) is 5.77. The van der Waals surface area contributed by atoms with Crippen LogP contribution in [0.1, 0.15) is 13.8 Å². The summed E-state index contributed by atoms with van der Waals surface area (Å²) in [5.41, 5.74) is 1.87. The van der Waals surface area contributed by atoms with Crippen LogP contribution in [0.2, 0.25) is 0 Å². The molecule has 2 aromatic rings. The van der Waals surface area contributed by atoms with Gasteiger partial charge in [0.25, 0.3) is 0 Å². The minimum atomic E-state index is -0.379. The Hall–Kier alpha value is -1.62. The van der Waals surface area contributed by atoms with Crippen LogP contribution in [-0.2, 0) is 7.05 Å². The van der Waals surface area contributed by atoms with Gasteiger partial charge in [-0.3, -0.25) is 0 Å². The lowest BCUT2D eigenvalue weighted by Gasteiger charge is -2.15. The molecule has 92 valence electrons. The van der Waals surface area contributed by atoms with E-state index in [1.165, 1.54) is 0 Å². The Morgan fingerprint density at radius 1 is 1.41 bits per heavy atom. The third kappa shape index (κ3) is 2.39. The molecule has 0 aliphatic heterocycles. The van der Waals surface area contributed by atoms with Crippen molar-refractivity contribution in [2.24, 2.45) is 13.0 Å². The van der Waals surface area contributed by atoms with E-state index in [2.05, 4.69) is 15.3 Å². The second kappa shape index (κ2) is 4.71. The van der Waals surface area contributed by atoms with E-state index in [0.29, 0.717) is 6.54 Å². The summed E-state index contributed by atoms with van der Waals surface area (Å²) < 4.78 is 1.95. The fourth-order valence-electron chi connectivity index (χ4n) is 1.63. The van der Waals surface area contributed by atoms with Gasteiger partial charge in [0.1, 0.15) is 5.52 Å². The largest absolute Gasteiger partial charge is 0.391 e. The van der Waals surface area contributed by atoms with Crippen LogP contribution in [0.15, 0.2) is 18.6 Å². The summed E-state index contributed by atoms with van der Waals surface area (Å²) in [6.45, 7) is 4.46. The third-order valence-corrected chi connectivity index (χ3v) is 2.89. The number of imidazole rings is 1. The van der Waals surface area contributed by atoms with E-state index >= 15 is 0 Å². The van der Waals surface area contributed by atoms with Crippen LogP contribution in [0.4, 0.5) is 5.82 Å². The molecule has 2 N–H and O–H groups in total. The maximum absolute atomic E-state index is 9.75. The molecule has 0 aromatic carbocycles. The Morgan fingerprint density at radius 2 is 2.18 bits per heavy atom. The monoisotopic (exact) mass is 234 g/mol. The van der Waals surface area contributed by atoms with Gasteiger partial charge in [-0.1, -0.05) is 13.8 Å². The number of hydrogen-bond donors (Lipinski definition) is 2. The van der Waals surface area contributed by atoms with Crippen molar-refractivity contribution in [2.45, 2.75) is 20.0 Å². The molecule has 17 heavy (non-hydrogen) atoms. The zero-order valence-corrected chi connectivity index (χ0v) is 10.4. The van der Waals surface area contributed by atoms with Crippen LogP contribution >= 0.6 is 0 Å². The van der Waals surface area contributed by atoms with Crippen LogP contribution in [0, 0.1) is 5.92 Å². The molecular weight excluding hydrogens is 216 g/mol. The summed E-state index contributed by atoms with van der Waals surface area (Å²) in [6.07, 6.45) is 3.13. The highest BCUT2D eigenvalue weighted by Crippen LogP contribution is 2.18. The standard InChI is InChI=1S/C12H18N4O/c1-8(2)10(17)6-14-12-11-9(4-5-13-12)16(3)7-15-11/h4-5,7-8,10,17H,6H2,1-3H3,(H,13,14). The van der Waals surface area contributed by atoms with E-state index in [-0.39, 0.29) is 12.0 Å². The zero-order chi connectivity index (χ0) is 12.4. The SMILES string of the molecule is CC(C)C(O)CNc1nccc2c1ncn2C. The molecule has 0 amide bonds. The van der Waals surface area contributed by atoms with Crippen molar-refractivity contribution in [1.29, 1.82) is 0 Å². The number of pyridine rings is 1. The lowest BCUT2D eigenvalue weighted by atomic mass is 10.1. The molecule has 2 heterocycles. The Morgan fingerprint density at radius 3 is 2.88 bits per heavy atom. The molecule has 0 saturated carbocycles. The molecule has 0 radical (unpaired) electrons. The number of anilines is 1. The van der Waals surface area contributed by atoms with Crippen molar-refractivity contribution in [1.82, 2.24) is 14.5 Å². The lowest BCUT2D eigenvalue weighted by molar-refractivity contribution is 0.138. The van der Waals surface area contributed by atoms with E-state index in [1.807, 2.05) is 31.5 Å². The summed E-state index contributed by atoms with van der Waals surface area (Å²) in [4.78, 5) is 8.55. The van der Waals surface area contributed by atoms with E-state index in [9.17, 15) is 5.11 Å². The number of aliphatic hydroxyl groups is 1. The van der Waals surface area contributed by atoms with Gasteiger partial charge in [0, 0.05) is 19.8 Å². The molecule has 0 aliphatic carbocycles.